The second-order valence-corrected chi connectivity index (χ2v) is 7.37. The number of hydrogen-bond acceptors (Lipinski definition) is 5. The highest BCUT2D eigenvalue weighted by Crippen LogP contribution is 2.39. The van der Waals surface area contributed by atoms with Crippen LogP contribution in [0.4, 0.5) is 0 Å². The van der Waals surface area contributed by atoms with Gasteiger partial charge in [0.05, 0.1) is 0 Å². The first-order valence-electron chi connectivity index (χ1n) is 8.84. The predicted octanol–water partition coefficient (Wildman–Crippen LogP) is 2.80. The van der Waals surface area contributed by atoms with E-state index in [2.05, 4.69) is 29.3 Å². The molecule has 0 bridgehead atoms. The monoisotopic (exact) mass is 307 g/mol. The van der Waals surface area contributed by atoms with Gasteiger partial charge in [-0.05, 0) is 38.5 Å². The Balaban J connectivity index is 1.51. The van der Waals surface area contributed by atoms with Gasteiger partial charge in [0.15, 0.2) is 5.82 Å². The number of aromatic nitrogens is 2. The molecule has 0 spiro atoms. The van der Waals surface area contributed by atoms with Crippen molar-refractivity contribution in [3.63, 3.8) is 0 Å². The van der Waals surface area contributed by atoms with Gasteiger partial charge in [0, 0.05) is 36.4 Å². The van der Waals surface area contributed by atoms with E-state index in [1.165, 1.54) is 12.8 Å². The minimum Gasteiger partial charge on any atom is -0.396 e. The van der Waals surface area contributed by atoms with E-state index >= 15 is 0 Å². The van der Waals surface area contributed by atoms with Gasteiger partial charge in [-0.1, -0.05) is 25.4 Å². The molecule has 0 aromatic carbocycles. The summed E-state index contributed by atoms with van der Waals surface area (Å²) in [5.41, 5.74) is 0.0688. The number of aliphatic hydroxyl groups is 1. The van der Waals surface area contributed by atoms with Crippen LogP contribution >= 0.6 is 0 Å². The van der Waals surface area contributed by atoms with Crippen LogP contribution in [0.25, 0.3) is 0 Å². The van der Waals surface area contributed by atoms with Crippen molar-refractivity contribution >= 4 is 0 Å². The number of nitrogens with zero attached hydrogens (tertiary/aromatic N) is 2. The van der Waals surface area contributed by atoms with Gasteiger partial charge >= 0.3 is 0 Å². The fourth-order valence-electron chi connectivity index (χ4n) is 4.07. The first-order valence-corrected chi connectivity index (χ1v) is 8.84. The minimum absolute atomic E-state index is 0.0688. The number of aliphatic hydroxyl groups excluding tert-OH is 1. The lowest BCUT2D eigenvalue weighted by Gasteiger charge is -2.36. The van der Waals surface area contributed by atoms with Crippen LogP contribution in [0.5, 0.6) is 0 Å². The molecule has 124 valence electrons. The van der Waals surface area contributed by atoms with Crippen molar-refractivity contribution in [2.45, 2.75) is 83.2 Å². The molecule has 0 unspecified atom stereocenters. The third kappa shape index (κ3) is 3.20. The Morgan fingerprint density at radius 3 is 2.68 bits per heavy atom. The van der Waals surface area contributed by atoms with Gasteiger partial charge in [0.25, 0.3) is 0 Å². The maximum absolute atomic E-state index is 9.67. The van der Waals surface area contributed by atoms with Crippen LogP contribution in [-0.2, 0) is 6.42 Å². The summed E-state index contributed by atoms with van der Waals surface area (Å²) >= 11 is 0. The number of aryl methyl sites for hydroxylation is 1. The topological polar surface area (TPSA) is 71.2 Å². The molecule has 0 aliphatic heterocycles. The molecule has 1 aromatic rings. The fourth-order valence-corrected chi connectivity index (χ4v) is 4.07. The van der Waals surface area contributed by atoms with Crippen LogP contribution in [-0.4, -0.2) is 33.9 Å². The Hall–Kier alpha value is -0.940. The number of hydrogen-bond donors (Lipinski definition) is 2. The van der Waals surface area contributed by atoms with Crippen LogP contribution in [0, 0.1) is 5.41 Å². The maximum Gasteiger partial charge on any atom is 0.229 e. The molecule has 22 heavy (non-hydrogen) atoms. The third-order valence-corrected chi connectivity index (χ3v) is 5.76. The molecule has 1 aromatic heterocycles. The molecule has 2 aliphatic carbocycles. The molecule has 2 fully saturated rings. The molecule has 5 nitrogen and oxygen atoms in total. The molecule has 2 atom stereocenters. The standard InChI is InChI=1S/C17H29N3O2/c1-3-15-19-16(22-20-15)12-6-8-13(9-7-12)18-14-5-4-10-17(14,2)11-21/h12-14,18,21H,3-11H2,1-2H3/t12?,13?,14-,17+/m0/s1. The highest BCUT2D eigenvalue weighted by Gasteiger charge is 2.39. The quantitative estimate of drug-likeness (QED) is 0.875. The second kappa shape index (κ2) is 6.67. The van der Waals surface area contributed by atoms with Crippen molar-refractivity contribution in [1.82, 2.24) is 15.5 Å². The van der Waals surface area contributed by atoms with Gasteiger partial charge in [-0.15, -0.1) is 0 Å². The summed E-state index contributed by atoms with van der Waals surface area (Å²) in [6.45, 7) is 4.56. The van der Waals surface area contributed by atoms with E-state index in [1.54, 1.807) is 0 Å². The van der Waals surface area contributed by atoms with Crippen molar-refractivity contribution in [3.8, 4) is 0 Å². The fraction of sp³-hybridized carbons (Fsp3) is 0.882. The van der Waals surface area contributed by atoms with Gasteiger partial charge < -0.3 is 14.9 Å². The average Bonchev–Trinajstić information content (AvgIpc) is 3.16. The maximum atomic E-state index is 9.67. The van der Waals surface area contributed by atoms with Crippen LogP contribution in [0.1, 0.15) is 76.4 Å². The summed E-state index contributed by atoms with van der Waals surface area (Å²) in [6, 6.07) is 1.04. The number of rotatable bonds is 5. The summed E-state index contributed by atoms with van der Waals surface area (Å²) in [7, 11) is 0. The summed E-state index contributed by atoms with van der Waals surface area (Å²) in [6.07, 6.45) is 8.95. The molecule has 1 heterocycles. The van der Waals surface area contributed by atoms with Crippen molar-refractivity contribution in [2.75, 3.05) is 6.61 Å². The highest BCUT2D eigenvalue weighted by molar-refractivity contribution is 4.99. The second-order valence-electron chi connectivity index (χ2n) is 7.37. The molecule has 0 radical (unpaired) electrons. The van der Waals surface area contributed by atoms with Gasteiger partial charge in [-0.25, -0.2) is 0 Å². The Morgan fingerprint density at radius 2 is 2.05 bits per heavy atom. The highest BCUT2D eigenvalue weighted by atomic mass is 16.5. The smallest absolute Gasteiger partial charge is 0.229 e. The Bertz CT molecular complexity index is 482. The van der Waals surface area contributed by atoms with E-state index < -0.39 is 0 Å². The van der Waals surface area contributed by atoms with Gasteiger partial charge in [0.2, 0.25) is 5.89 Å². The summed E-state index contributed by atoms with van der Waals surface area (Å²) in [5.74, 6) is 2.08. The lowest BCUT2D eigenvalue weighted by atomic mass is 9.82. The molecule has 2 aliphatic rings. The van der Waals surface area contributed by atoms with E-state index in [0.717, 1.165) is 50.2 Å². The van der Waals surface area contributed by atoms with Crippen LogP contribution < -0.4 is 5.32 Å². The van der Waals surface area contributed by atoms with Crippen molar-refractivity contribution in [2.24, 2.45) is 5.41 Å². The van der Waals surface area contributed by atoms with E-state index in [0.29, 0.717) is 24.6 Å². The third-order valence-electron chi connectivity index (χ3n) is 5.76. The molecule has 2 saturated carbocycles. The molecular formula is C17H29N3O2. The number of nitrogens with one attached hydrogen (secondary N) is 1. The van der Waals surface area contributed by atoms with Crippen LogP contribution in [0.2, 0.25) is 0 Å². The SMILES string of the molecule is CCc1noc(C2CCC(N[C@H]3CCC[C@]3(C)CO)CC2)n1. The van der Waals surface area contributed by atoms with Crippen molar-refractivity contribution < 1.29 is 9.63 Å². The molecule has 2 N–H and O–H groups in total. The zero-order valence-electron chi connectivity index (χ0n) is 13.8. The Kier molecular flexibility index (Phi) is 4.83. The first kappa shape index (κ1) is 15.9. The lowest BCUT2D eigenvalue weighted by Crippen LogP contribution is -2.47. The molecule has 0 saturated heterocycles. The molecule has 5 heteroatoms. The van der Waals surface area contributed by atoms with E-state index in [-0.39, 0.29) is 5.41 Å². The van der Waals surface area contributed by atoms with E-state index in [4.69, 9.17) is 4.52 Å². The Labute approximate surface area is 132 Å². The van der Waals surface area contributed by atoms with Gasteiger partial charge in [-0.2, -0.15) is 4.98 Å². The summed E-state index contributed by atoms with van der Waals surface area (Å²) in [4.78, 5) is 4.49. The minimum atomic E-state index is 0.0688. The van der Waals surface area contributed by atoms with Crippen LogP contribution in [0.3, 0.4) is 0 Å². The zero-order chi connectivity index (χ0) is 15.6. The Morgan fingerprint density at radius 1 is 1.27 bits per heavy atom. The molecule has 0 amide bonds. The zero-order valence-corrected chi connectivity index (χ0v) is 13.8. The predicted molar refractivity (Wildman–Crippen MR) is 84.6 cm³/mol. The average molecular weight is 307 g/mol. The molecular weight excluding hydrogens is 278 g/mol. The van der Waals surface area contributed by atoms with E-state index in [9.17, 15) is 5.11 Å². The summed E-state index contributed by atoms with van der Waals surface area (Å²) in [5, 5.41) is 17.5. The lowest BCUT2D eigenvalue weighted by molar-refractivity contribution is 0.108. The van der Waals surface area contributed by atoms with Crippen LogP contribution in [0.15, 0.2) is 4.52 Å². The van der Waals surface area contributed by atoms with Gasteiger partial charge in [-0.3, -0.25) is 0 Å². The van der Waals surface area contributed by atoms with Crippen molar-refractivity contribution in [3.05, 3.63) is 11.7 Å². The van der Waals surface area contributed by atoms with Gasteiger partial charge in [0.1, 0.15) is 0 Å². The normalized spacial score (nSPS) is 35.9. The first-order chi connectivity index (χ1) is 10.6. The largest absolute Gasteiger partial charge is 0.396 e. The summed E-state index contributed by atoms with van der Waals surface area (Å²) < 4.78 is 5.40. The van der Waals surface area contributed by atoms with Crippen molar-refractivity contribution in [1.29, 1.82) is 0 Å². The molecule has 3 rings (SSSR count). The van der Waals surface area contributed by atoms with E-state index in [1.807, 2.05) is 0 Å².